The molecule has 33 heavy (non-hydrogen) atoms. The van der Waals surface area contributed by atoms with Gasteiger partial charge in [-0.05, 0) is 67.3 Å². The second kappa shape index (κ2) is 11.1. The van der Waals surface area contributed by atoms with E-state index in [1.54, 1.807) is 29.6 Å². The molecule has 2 heterocycles. The van der Waals surface area contributed by atoms with E-state index < -0.39 is 6.09 Å². The third-order valence-corrected chi connectivity index (χ3v) is 5.21. The zero-order valence-corrected chi connectivity index (χ0v) is 19.4. The molecule has 2 aromatic heterocycles. The molecule has 3 aromatic rings. The largest absolute Gasteiger partial charge is 0.453 e. The molecule has 3 rings (SSSR count). The Hall–Kier alpha value is -3.94. The van der Waals surface area contributed by atoms with Crippen LogP contribution in [0.5, 0.6) is 0 Å². The average Bonchev–Trinajstić information content (AvgIpc) is 2.83. The third-order valence-electron chi connectivity index (χ3n) is 5.21. The van der Waals surface area contributed by atoms with Gasteiger partial charge in [0.2, 0.25) is 0 Å². The van der Waals surface area contributed by atoms with E-state index in [1.807, 2.05) is 44.2 Å². The fraction of sp³-hybridized carbons (Fsp3) is 0.280. The van der Waals surface area contributed by atoms with Crippen LogP contribution in [0.15, 0.2) is 55.0 Å². The fourth-order valence-corrected chi connectivity index (χ4v) is 3.47. The van der Waals surface area contributed by atoms with E-state index >= 15 is 0 Å². The number of urea groups is 1. The highest BCUT2D eigenvalue weighted by atomic mass is 16.5. The number of pyridine rings is 2. The summed E-state index contributed by atoms with van der Waals surface area (Å²) in [6.45, 7) is 7.41. The van der Waals surface area contributed by atoms with Crippen molar-refractivity contribution in [3.8, 4) is 22.3 Å². The zero-order chi connectivity index (χ0) is 23.8. The summed E-state index contributed by atoms with van der Waals surface area (Å²) in [5, 5.41) is 5.57. The molecule has 0 radical (unpaired) electrons. The molecule has 3 amide bonds. The monoisotopic (exact) mass is 447 g/mol. The highest BCUT2D eigenvalue weighted by molar-refractivity contribution is 5.90. The molecule has 0 atom stereocenters. The number of nitrogens with zero attached hydrogens (tertiary/aromatic N) is 3. The summed E-state index contributed by atoms with van der Waals surface area (Å²) in [5.74, 6) is 0.387. The van der Waals surface area contributed by atoms with Crippen molar-refractivity contribution >= 4 is 23.6 Å². The molecular formula is C25H29N5O3. The van der Waals surface area contributed by atoms with Crippen LogP contribution in [0.2, 0.25) is 0 Å². The Labute approximate surface area is 194 Å². The molecule has 1 aromatic carbocycles. The van der Waals surface area contributed by atoms with Gasteiger partial charge in [-0.1, -0.05) is 13.0 Å². The molecule has 172 valence electrons. The quantitative estimate of drug-likeness (QED) is 0.494. The molecule has 0 aliphatic carbocycles. The number of rotatable bonds is 7. The van der Waals surface area contributed by atoms with Gasteiger partial charge in [-0.3, -0.25) is 10.3 Å². The maximum atomic E-state index is 12.6. The molecule has 8 nitrogen and oxygen atoms in total. The number of hydrogen-bond donors (Lipinski definition) is 2. The van der Waals surface area contributed by atoms with Gasteiger partial charge in [-0.15, -0.1) is 0 Å². The van der Waals surface area contributed by atoms with Crippen LogP contribution in [0.1, 0.15) is 25.8 Å². The Balaban J connectivity index is 1.88. The third kappa shape index (κ3) is 6.06. The van der Waals surface area contributed by atoms with Gasteiger partial charge in [0.05, 0.1) is 7.11 Å². The van der Waals surface area contributed by atoms with Crippen LogP contribution in [-0.2, 0) is 4.74 Å². The van der Waals surface area contributed by atoms with Gasteiger partial charge >= 0.3 is 12.1 Å². The Bertz CT molecular complexity index is 1130. The van der Waals surface area contributed by atoms with E-state index in [2.05, 4.69) is 32.3 Å². The molecule has 0 aliphatic heterocycles. The van der Waals surface area contributed by atoms with Crippen molar-refractivity contribution < 1.29 is 14.3 Å². The van der Waals surface area contributed by atoms with Crippen molar-refractivity contribution in [1.29, 1.82) is 0 Å². The summed E-state index contributed by atoms with van der Waals surface area (Å²) in [6.07, 6.45) is 5.49. The van der Waals surface area contributed by atoms with Crippen molar-refractivity contribution in [2.75, 3.05) is 30.8 Å². The first-order valence-corrected chi connectivity index (χ1v) is 10.9. The fourth-order valence-electron chi connectivity index (χ4n) is 3.47. The summed E-state index contributed by atoms with van der Waals surface area (Å²) < 4.78 is 4.63. The molecule has 8 heteroatoms. The van der Waals surface area contributed by atoms with Crippen LogP contribution in [0.25, 0.3) is 22.3 Å². The second-order valence-corrected chi connectivity index (χ2v) is 7.55. The maximum Gasteiger partial charge on any atom is 0.412 e. The van der Waals surface area contributed by atoms with E-state index in [-0.39, 0.29) is 6.03 Å². The molecule has 0 unspecified atom stereocenters. The van der Waals surface area contributed by atoms with Gasteiger partial charge in [0.15, 0.2) is 0 Å². The van der Waals surface area contributed by atoms with Gasteiger partial charge in [-0.25, -0.2) is 14.6 Å². The maximum absolute atomic E-state index is 12.6. The Morgan fingerprint density at radius 3 is 2.52 bits per heavy atom. The lowest BCUT2D eigenvalue weighted by molar-refractivity contribution is 0.187. The minimum Gasteiger partial charge on any atom is -0.453 e. The molecule has 2 N–H and O–H groups in total. The smallest absolute Gasteiger partial charge is 0.412 e. The molecule has 0 saturated heterocycles. The highest BCUT2D eigenvalue weighted by Crippen LogP contribution is 2.30. The lowest BCUT2D eigenvalue weighted by atomic mass is 9.98. The minimum atomic E-state index is -0.582. The van der Waals surface area contributed by atoms with Gasteiger partial charge in [0, 0.05) is 48.5 Å². The highest BCUT2D eigenvalue weighted by Gasteiger charge is 2.13. The van der Waals surface area contributed by atoms with Crippen LogP contribution >= 0.6 is 0 Å². The molecule has 0 saturated carbocycles. The van der Waals surface area contributed by atoms with E-state index in [0.29, 0.717) is 18.9 Å². The van der Waals surface area contributed by atoms with Gasteiger partial charge < -0.3 is 15.0 Å². The number of ether oxygens (including phenoxy) is 1. The average molecular weight is 448 g/mol. The minimum absolute atomic E-state index is 0.108. The zero-order valence-electron chi connectivity index (χ0n) is 19.4. The Kier molecular flexibility index (Phi) is 7.96. The number of amides is 3. The summed E-state index contributed by atoms with van der Waals surface area (Å²) in [4.78, 5) is 34.4. The molecule has 0 bridgehead atoms. The molecule has 0 spiro atoms. The van der Waals surface area contributed by atoms with Crippen molar-refractivity contribution in [2.24, 2.45) is 0 Å². The van der Waals surface area contributed by atoms with Crippen LogP contribution in [0, 0.1) is 6.92 Å². The number of hydrogen-bond acceptors (Lipinski definition) is 5. The standard InChI is InChI=1S/C25H29N5O3/c1-5-11-30(6-2)24(31)28-21-8-7-17(3)22(14-21)20-12-19(15-26-16-20)18-9-10-27-23(13-18)29-25(32)33-4/h7-10,12-16H,5-6,11H2,1-4H3,(H,28,31)(H,27,29,32). The molecular weight excluding hydrogens is 418 g/mol. The normalized spacial score (nSPS) is 10.4. The lowest BCUT2D eigenvalue weighted by Gasteiger charge is -2.21. The van der Waals surface area contributed by atoms with Crippen molar-refractivity contribution in [3.05, 3.63) is 60.6 Å². The summed E-state index contributed by atoms with van der Waals surface area (Å²) in [6, 6.07) is 11.4. The first-order valence-electron chi connectivity index (χ1n) is 10.9. The van der Waals surface area contributed by atoms with Crippen LogP contribution in [0.3, 0.4) is 0 Å². The summed E-state index contributed by atoms with van der Waals surface area (Å²) in [7, 11) is 1.30. The summed E-state index contributed by atoms with van der Waals surface area (Å²) >= 11 is 0. The predicted octanol–water partition coefficient (Wildman–Crippen LogP) is 5.56. The van der Waals surface area contributed by atoms with E-state index in [4.69, 9.17) is 0 Å². The number of aromatic nitrogens is 2. The van der Waals surface area contributed by atoms with E-state index in [1.165, 1.54) is 7.11 Å². The van der Waals surface area contributed by atoms with Gasteiger partial charge in [0.1, 0.15) is 5.82 Å². The number of aryl methyl sites for hydroxylation is 1. The van der Waals surface area contributed by atoms with Crippen molar-refractivity contribution in [1.82, 2.24) is 14.9 Å². The van der Waals surface area contributed by atoms with Crippen molar-refractivity contribution in [2.45, 2.75) is 27.2 Å². The number of benzene rings is 1. The molecule has 0 fully saturated rings. The number of carbonyl (C=O) groups is 2. The van der Waals surface area contributed by atoms with Crippen LogP contribution < -0.4 is 10.6 Å². The van der Waals surface area contributed by atoms with E-state index in [9.17, 15) is 9.59 Å². The number of nitrogens with one attached hydrogen (secondary N) is 2. The second-order valence-electron chi connectivity index (χ2n) is 7.55. The first kappa shape index (κ1) is 23.7. The van der Waals surface area contributed by atoms with Crippen LogP contribution in [-0.4, -0.2) is 47.2 Å². The Morgan fingerprint density at radius 1 is 1.00 bits per heavy atom. The van der Waals surface area contributed by atoms with Gasteiger partial charge in [-0.2, -0.15) is 0 Å². The Morgan fingerprint density at radius 2 is 1.79 bits per heavy atom. The van der Waals surface area contributed by atoms with Gasteiger partial charge in [0.25, 0.3) is 0 Å². The molecule has 0 aliphatic rings. The number of carbonyl (C=O) groups excluding carboxylic acids is 2. The SMILES string of the molecule is CCCN(CC)C(=O)Nc1ccc(C)c(-c2cncc(-c3ccnc(NC(=O)OC)c3)c2)c1. The van der Waals surface area contributed by atoms with Crippen LogP contribution in [0.4, 0.5) is 21.1 Å². The first-order chi connectivity index (χ1) is 15.9. The topological polar surface area (TPSA) is 96.5 Å². The lowest BCUT2D eigenvalue weighted by Crippen LogP contribution is -2.35. The summed E-state index contributed by atoms with van der Waals surface area (Å²) in [5.41, 5.74) is 5.41. The predicted molar refractivity (Wildman–Crippen MR) is 130 cm³/mol. The number of methoxy groups -OCH3 is 1. The van der Waals surface area contributed by atoms with E-state index in [0.717, 1.165) is 39.9 Å². The van der Waals surface area contributed by atoms with Crippen molar-refractivity contribution in [3.63, 3.8) is 0 Å². The number of anilines is 2.